The third kappa shape index (κ3) is 2.86. The number of phenols is 1. The molecular weight excluding hydrogens is 384 g/mol. The molecule has 2 N–H and O–H groups in total. The van der Waals surface area contributed by atoms with Crippen molar-refractivity contribution in [1.82, 2.24) is 0 Å². The molecule has 0 bridgehead atoms. The van der Waals surface area contributed by atoms with Crippen molar-refractivity contribution >= 4 is 17.3 Å². The molecule has 1 atom stereocenters. The van der Waals surface area contributed by atoms with Gasteiger partial charge in [0.25, 0.3) is 0 Å². The molecule has 2 aliphatic rings. The lowest BCUT2D eigenvalue weighted by Crippen LogP contribution is -2.30. The van der Waals surface area contributed by atoms with Gasteiger partial charge in [0.15, 0.2) is 11.6 Å². The third-order valence-corrected chi connectivity index (χ3v) is 6.28. The summed E-state index contributed by atoms with van der Waals surface area (Å²) in [5.41, 5.74) is 2.89. The van der Waals surface area contributed by atoms with Gasteiger partial charge in [-0.2, -0.15) is 0 Å². The lowest BCUT2D eigenvalue weighted by Gasteiger charge is -2.31. The molecule has 6 heteroatoms. The summed E-state index contributed by atoms with van der Waals surface area (Å²) in [6.07, 6.45) is 2.57. The standard InChI is InChI=1S/C24H24O6/c1-3-5-13-16-10-12(17(26)11-25)8-9-14(16)22(27)21-20(13)23(28)15-6-4-7-18(30-2)19(15)24(21)29/h4,6-7,12,25,27H,3,5,8-11H2,1-2H3. The summed E-state index contributed by atoms with van der Waals surface area (Å²) in [5.74, 6) is -1.17. The van der Waals surface area contributed by atoms with Crippen LogP contribution >= 0.6 is 0 Å². The maximum absolute atomic E-state index is 13.5. The van der Waals surface area contributed by atoms with Crippen molar-refractivity contribution in [2.75, 3.05) is 13.7 Å². The molecule has 6 nitrogen and oxygen atoms in total. The number of rotatable bonds is 5. The number of carbonyl (C=O) groups excluding carboxylic acids is 3. The fourth-order valence-electron chi connectivity index (χ4n) is 4.86. The number of methoxy groups -OCH3 is 1. The number of aromatic hydroxyl groups is 1. The van der Waals surface area contributed by atoms with Crippen LogP contribution in [0.15, 0.2) is 18.2 Å². The maximum Gasteiger partial charge on any atom is 0.201 e. The maximum atomic E-state index is 13.5. The van der Waals surface area contributed by atoms with Crippen LogP contribution in [-0.4, -0.2) is 41.3 Å². The zero-order valence-corrected chi connectivity index (χ0v) is 17.1. The SMILES string of the molecule is CCCc1c2c(c(O)c3c1C(=O)c1cccc(OC)c1C3=O)CCC(C(=O)CO)C2. The van der Waals surface area contributed by atoms with Gasteiger partial charge >= 0.3 is 0 Å². The van der Waals surface area contributed by atoms with Gasteiger partial charge in [0.05, 0.1) is 18.2 Å². The normalized spacial score (nSPS) is 17.2. The van der Waals surface area contributed by atoms with E-state index < -0.39 is 12.4 Å². The molecule has 4 rings (SSSR count). The van der Waals surface area contributed by atoms with Crippen molar-refractivity contribution < 1.29 is 29.3 Å². The van der Waals surface area contributed by atoms with Gasteiger partial charge in [-0.3, -0.25) is 14.4 Å². The first-order chi connectivity index (χ1) is 14.4. The smallest absolute Gasteiger partial charge is 0.201 e. The topological polar surface area (TPSA) is 101 Å². The molecule has 0 fully saturated rings. The van der Waals surface area contributed by atoms with Crippen LogP contribution in [0.2, 0.25) is 0 Å². The van der Waals surface area contributed by atoms with Crippen molar-refractivity contribution in [1.29, 1.82) is 0 Å². The zero-order chi connectivity index (χ0) is 21.6. The van der Waals surface area contributed by atoms with E-state index in [0.29, 0.717) is 37.0 Å². The highest BCUT2D eigenvalue weighted by Crippen LogP contribution is 2.45. The number of Topliss-reactive ketones (excluding diaryl/α,β-unsaturated/α-hetero) is 1. The summed E-state index contributed by atoms with van der Waals surface area (Å²) in [6.45, 7) is 1.46. The molecule has 0 spiro atoms. The predicted octanol–water partition coefficient (Wildman–Crippen LogP) is 2.80. The Hall–Kier alpha value is -2.99. The second-order valence-corrected chi connectivity index (χ2v) is 7.89. The number of aliphatic hydroxyl groups excluding tert-OH is 1. The van der Waals surface area contributed by atoms with E-state index in [0.717, 1.165) is 17.5 Å². The number of fused-ring (bicyclic) bond motifs is 3. The van der Waals surface area contributed by atoms with E-state index in [1.54, 1.807) is 18.2 Å². The molecule has 0 aliphatic heterocycles. The Kier molecular flexibility index (Phi) is 5.20. The summed E-state index contributed by atoms with van der Waals surface area (Å²) >= 11 is 0. The average Bonchev–Trinajstić information content (AvgIpc) is 2.77. The van der Waals surface area contributed by atoms with E-state index in [1.807, 2.05) is 6.92 Å². The van der Waals surface area contributed by atoms with Gasteiger partial charge in [-0.25, -0.2) is 0 Å². The fourth-order valence-corrected chi connectivity index (χ4v) is 4.86. The second kappa shape index (κ2) is 7.69. The van der Waals surface area contributed by atoms with Gasteiger partial charge in [-0.05, 0) is 48.4 Å². The summed E-state index contributed by atoms with van der Waals surface area (Å²) < 4.78 is 5.31. The van der Waals surface area contributed by atoms with E-state index in [2.05, 4.69) is 0 Å². The average molecular weight is 408 g/mol. The Morgan fingerprint density at radius 3 is 2.57 bits per heavy atom. The number of benzene rings is 2. The van der Waals surface area contributed by atoms with Crippen LogP contribution < -0.4 is 4.74 Å². The highest BCUT2D eigenvalue weighted by atomic mass is 16.5. The van der Waals surface area contributed by atoms with Gasteiger partial charge in [0.2, 0.25) is 5.78 Å². The van der Waals surface area contributed by atoms with Crippen LogP contribution in [0.1, 0.15) is 68.3 Å². The summed E-state index contributed by atoms with van der Waals surface area (Å²) in [7, 11) is 1.44. The van der Waals surface area contributed by atoms with E-state index in [-0.39, 0.29) is 45.5 Å². The Morgan fingerprint density at radius 1 is 1.13 bits per heavy atom. The lowest BCUT2D eigenvalue weighted by atomic mass is 9.72. The predicted molar refractivity (Wildman–Crippen MR) is 110 cm³/mol. The van der Waals surface area contributed by atoms with Crippen molar-refractivity contribution in [3.05, 3.63) is 57.1 Å². The Morgan fingerprint density at radius 2 is 1.90 bits per heavy atom. The summed E-state index contributed by atoms with van der Waals surface area (Å²) in [5, 5.41) is 20.4. The number of hydrogen-bond donors (Lipinski definition) is 2. The van der Waals surface area contributed by atoms with E-state index in [1.165, 1.54) is 7.11 Å². The minimum atomic E-state index is -0.523. The zero-order valence-electron chi connectivity index (χ0n) is 17.1. The molecule has 0 aromatic heterocycles. The first-order valence-corrected chi connectivity index (χ1v) is 10.2. The summed E-state index contributed by atoms with van der Waals surface area (Å²) in [4.78, 5) is 39.1. The molecule has 0 radical (unpaired) electrons. The Bertz CT molecular complexity index is 1080. The molecule has 156 valence electrons. The van der Waals surface area contributed by atoms with Gasteiger partial charge in [-0.15, -0.1) is 0 Å². The minimum absolute atomic E-state index is 0.0473. The largest absolute Gasteiger partial charge is 0.507 e. The number of ketones is 3. The molecule has 2 aromatic rings. The second-order valence-electron chi connectivity index (χ2n) is 7.89. The number of aliphatic hydroxyl groups is 1. The highest BCUT2D eigenvalue weighted by Gasteiger charge is 2.40. The van der Waals surface area contributed by atoms with Gasteiger partial charge in [-0.1, -0.05) is 25.5 Å². The van der Waals surface area contributed by atoms with E-state index in [4.69, 9.17) is 4.74 Å². The molecule has 0 amide bonds. The van der Waals surface area contributed by atoms with Gasteiger partial charge in [0, 0.05) is 17.0 Å². The van der Waals surface area contributed by atoms with Crippen molar-refractivity contribution in [2.45, 2.75) is 39.0 Å². The highest BCUT2D eigenvalue weighted by molar-refractivity contribution is 6.31. The molecule has 30 heavy (non-hydrogen) atoms. The van der Waals surface area contributed by atoms with Crippen LogP contribution in [0, 0.1) is 5.92 Å². The van der Waals surface area contributed by atoms with E-state index >= 15 is 0 Å². The molecule has 1 unspecified atom stereocenters. The summed E-state index contributed by atoms with van der Waals surface area (Å²) in [6, 6.07) is 4.90. The molecule has 2 aromatic carbocycles. The monoisotopic (exact) mass is 408 g/mol. The number of ether oxygens (including phenoxy) is 1. The van der Waals surface area contributed by atoms with E-state index in [9.17, 15) is 24.6 Å². The third-order valence-electron chi connectivity index (χ3n) is 6.28. The first kappa shape index (κ1) is 20.3. The molecule has 0 saturated carbocycles. The first-order valence-electron chi connectivity index (χ1n) is 10.2. The van der Waals surface area contributed by atoms with Crippen LogP contribution in [-0.2, 0) is 24.1 Å². The quantitative estimate of drug-likeness (QED) is 0.673. The molecule has 0 heterocycles. The number of hydrogen-bond acceptors (Lipinski definition) is 6. The fraction of sp³-hybridized carbons (Fsp3) is 0.375. The van der Waals surface area contributed by atoms with Gasteiger partial charge in [0.1, 0.15) is 18.1 Å². The van der Waals surface area contributed by atoms with Crippen LogP contribution in [0.25, 0.3) is 0 Å². The molecule has 0 saturated heterocycles. The lowest BCUT2D eigenvalue weighted by molar-refractivity contribution is -0.125. The van der Waals surface area contributed by atoms with Crippen molar-refractivity contribution in [3.8, 4) is 11.5 Å². The van der Waals surface area contributed by atoms with Crippen LogP contribution in [0.5, 0.6) is 11.5 Å². The minimum Gasteiger partial charge on any atom is -0.507 e. The number of phenolic OH excluding ortho intramolecular Hbond substituents is 1. The van der Waals surface area contributed by atoms with Gasteiger partial charge < -0.3 is 14.9 Å². The van der Waals surface area contributed by atoms with Crippen molar-refractivity contribution in [3.63, 3.8) is 0 Å². The molecule has 2 aliphatic carbocycles. The van der Waals surface area contributed by atoms with Crippen LogP contribution in [0.4, 0.5) is 0 Å². The van der Waals surface area contributed by atoms with Crippen molar-refractivity contribution in [2.24, 2.45) is 5.92 Å². The Balaban J connectivity index is 1.99. The van der Waals surface area contributed by atoms with Crippen LogP contribution in [0.3, 0.4) is 0 Å². The Labute approximate surface area is 174 Å². The number of carbonyl (C=O) groups is 3. The molecular formula is C24H24O6.